The number of nitrogens with zero attached hydrogens (tertiary/aromatic N) is 3. The molecule has 0 bridgehead atoms. The highest BCUT2D eigenvalue weighted by molar-refractivity contribution is 7.09. The second-order valence-electron chi connectivity index (χ2n) is 5.66. The fourth-order valence-corrected chi connectivity index (χ4v) is 3.77. The van der Waals surface area contributed by atoms with E-state index in [0.717, 1.165) is 22.6 Å². The third kappa shape index (κ3) is 2.12. The number of fused-ring (bicyclic) bond motifs is 1. The highest BCUT2D eigenvalue weighted by Crippen LogP contribution is 2.43. The van der Waals surface area contributed by atoms with Crippen LogP contribution in [-0.2, 0) is 0 Å². The molecule has 2 aromatic heterocycles. The summed E-state index contributed by atoms with van der Waals surface area (Å²) in [6, 6.07) is 6.31. The Morgan fingerprint density at radius 1 is 1.43 bits per heavy atom. The summed E-state index contributed by atoms with van der Waals surface area (Å²) in [5, 5.41) is 3.21. The number of imidazole rings is 1. The number of benzene rings is 1. The average molecular weight is 298 g/mol. The van der Waals surface area contributed by atoms with Crippen molar-refractivity contribution in [2.75, 3.05) is 5.73 Å². The maximum atomic E-state index is 5.92. The Hall–Kier alpha value is -1.88. The number of hydrogen-bond donors (Lipinski definition) is 1. The van der Waals surface area contributed by atoms with Gasteiger partial charge in [-0.1, -0.05) is 6.92 Å². The topological polar surface area (TPSA) is 56.7 Å². The summed E-state index contributed by atoms with van der Waals surface area (Å²) in [5.74, 6) is 1.81. The first-order valence-corrected chi connectivity index (χ1v) is 8.32. The van der Waals surface area contributed by atoms with Crippen LogP contribution in [0.25, 0.3) is 11.0 Å². The van der Waals surface area contributed by atoms with Crippen LogP contribution in [0.4, 0.5) is 5.69 Å². The molecule has 0 radical (unpaired) electrons. The smallest absolute Gasteiger partial charge is 0.115 e. The molecule has 2 N–H and O–H groups in total. The lowest BCUT2D eigenvalue weighted by molar-refractivity contribution is 0.553. The second-order valence-corrected chi connectivity index (χ2v) is 6.58. The number of hydrogen-bond acceptors (Lipinski definition) is 4. The third-order valence-corrected chi connectivity index (χ3v) is 4.99. The first kappa shape index (κ1) is 12.8. The maximum absolute atomic E-state index is 5.92. The average Bonchev–Trinajstić information content (AvgIpc) is 3.06. The third-order valence-electron chi connectivity index (χ3n) is 4.12. The lowest BCUT2D eigenvalue weighted by Gasteiger charge is -2.18. The van der Waals surface area contributed by atoms with Gasteiger partial charge in [-0.2, -0.15) is 0 Å². The number of thiazole rings is 1. The molecule has 0 spiro atoms. The number of nitrogen functional groups attached to an aromatic ring is 1. The minimum Gasteiger partial charge on any atom is -0.399 e. The summed E-state index contributed by atoms with van der Waals surface area (Å²) >= 11 is 1.72. The fourth-order valence-electron chi connectivity index (χ4n) is 2.96. The van der Waals surface area contributed by atoms with Crippen molar-refractivity contribution >= 4 is 28.1 Å². The van der Waals surface area contributed by atoms with Crippen LogP contribution in [0, 0.1) is 0 Å². The molecule has 4 nitrogen and oxygen atoms in total. The predicted octanol–water partition coefficient (Wildman–Crippen LogP) is 3.95. The van der Waals surface area contributed by atoms with Gasteiger partial charge in [0.1, 0.15) is 10.8 Å². The SMILES string of the molecule is CCC(c1nccs1)n1c(C2CC2)nc2cc(N)ccc21. The summed E-state index contributed by atoms with van der Waals surface area (Å²) in [5.41, 5.74) is 8.87. The van der Waals surface area contributed by atoms with Crippen molar-refractivity contribution in [1.29, 1.82) is 0 Å². The molecule has 5 heteroatoms. The molecule has 2 heterocycles. The Morgan fingerprint density at radius 2 is 2.29 bits per heavy atom. The van der Waals surface area contributed by atoms with E-state index in [2.05, 4.69) is 22.5 Å². The second kappa shape index (κ2) is 4.84. The largest absolute Gasteiger partial charge is 0.399 e. The van der Waals surface area contributed by atoms with Crippen molar-refractivity contribution in [1.82, 2.24) is 14.5 Å². The van der Waals surface area contributed by atoms with Gasteiger partial charge in [-0.3, -0.25) is 0 Å². The van der Waals surface area contributed by atoms with E-state index in [1.54, 1.807) is 11.3 Å². The van der Waals surface area contributed by atoms with Gasteiger partial charge in [0.25, 0.3) is 0 Å². The summed E-state index contributed by atoms with van der Waals surface area (Å²) in [4.78, 5) is 9.41. The molecule has 0 saturated heterocycles. The summed E-state index contributed by atoms with van der Waals surface area (Å²) in [7, 11) is 0. The molecule has 1 fully saturated rings. The molecule has 3 aromatic rings. The van der Waals surface area contributed by atoms with Crippen LogP contribution in [0.2, 0.25) is 0 Å². The van der Waals surface area contributed by atoms with Gasteiger partial charge < -0.3 is 10.3 Å². The van der Waals surface area contributed by atoms with Gasteiger partial charge in [0.05, 0.1) is 17.1 Å². The molecule has 1 aliphatic rings. The molecule has 1 unspecified atom stereocenters. The standard InChI is InChI=1S/C16H18N4S/c1-2-13(16-18-7-8-21-16)20-14-6-5-11(17)9-12(14)19-15(20)10-3-4-10/h5-10,13H,2-4,17H2,1H3. The number of nitrogens with two attached hydrogens (primary N) is 1. The maximum Gasteiger partial charge on any atom is 0.115 e. The van der Waals surface area contributed by atoms with E-state index < -0.39 is 0 Å². The zero-order valence-corrected chi connectivity index (χ0v) is 12.8. The van der Waals surface area contributed by atoms with Gasteiger partial charge in [0, 0.05) is 23.2 Å². The Bertz CT molecular complexity index is 771. The monoisotopic (exact) mass is 298 g/mol. The molecule has 1 atom stereocenters. The van der Waals surface area contributed by atoms with Gasteiger partial charge in [0.15, 0.2) is 0 Å². The molecule has 1 saturated carbocycles. The Morgan fingerprint density at radius 3 is 2.95 bits per heavy atom. The minimum absolute atomic E-state index is 0.272. The number of anilines is 1. The van der Waals surface area contributed by atoms with Crippen LogP contribution in [0.3, 0.4) is 0 Å². The van der Waals surface area contributed by atoms with E-state index in [1.807, 2.05) is 23.7 Å². The van der Waals surface area contributed by atoms with Crippen LogP contribution in [0.1, 0.15) is 49.0 Å². The molecule has 0 aliphatic heterocycles. The van der Waals surface area contributed by atoms with Gasteiger partial charge in [-0.25, -0.2) is 9.97 Å². The molecule has 1 aromatic carbocycles. The van der Waals surface area contributed by atoms with Crippen LogP contribution in [-0.4, -0.2) is 14.5 Å². The van der Waals surface area contributed by atoms with E-state index in [9.17, 15) is 0 Å². The van der Waals surface area contributed by atoms with Crippen molar-refractivity contribution in [2.45, 2.75) is 38.1 Å². The predicted molar refractivity (Wildman–Crippen MR) is 86.7 cm³/mol. The van der Waals surface area contributed by atoms with Crippen LogP contribution < -0.4 is 5.73 Å². The number of aromatic nitrogens is 3. The Balaban J connectivity index is 1.94. The fraction of sp³-hybridized carbons (Fsp3) is 0.375. The lowest BCUT2D eigenvalue weighted by Crippen LogP contribution is -2.12. The van der Waals surface area contributed by atoms with E-state index in [1.165, 1.54) is 24.2 Å². The molecule has 21 heavy (non-hydrogen) atoms. The Labute approximate surface area is 127 Å². The molecule has 1 aliphatic carbocycles. The lowest BCUT2D eigenvalue weighted by atomic mass is 10.2. The van der Waals surface area contributed by atoms with Crippen LogP contribution >= 0.6 is 11.3 Å². The van der Waals surface area contributed by atoms with Crippen LogP contribution in [0.5, 0.6) is 0 Å². The van der Waals surface area contributed by atoms with Gasteiger partial charge in [-0.15, -0.1) is 11.3 Å². The minimum atomic E-state index is 0.272. The van der Waals surface area contributed by atoms with Gasteiger partial charge in [-0.05, 0) is 37.5 Å². The van der Waals surface area contributed by atoms with Crippen molar-refractivity contribution in [3.63, 3.8) is 0 Å². The normalized spacial score (nSPS) is 16.4. The van der Waals surface area contributed by atoms with E-state index >= 15 is 0 Å². The number of rotatable bonds is 4. The van der Waals surface area contributed by atoms with Crippen molar-refractivity contribution in [3.05, 3.63) is 40.6 Å². The van der Waals surface area contributed by atoms with E-state index in [4.69, 9.17) is 10.7 Å². The van der Waals surface area contributed by atoms with E-state index in [0.29, 0.717) is 5.92 Å². The zero-order chi connectivity index (χ0) is 14.4. The molecular weight excluding hydrogens is 280 g/mol. The summed E-state index contributed by atoms with van der Waals surface area (Å²) < 4.78 is 2.39. The quantitative estimate of drug-likeness (QED) is 0.742. The van der Waals surface area contributed by atoms with Crippen molar-refractivity contribution in [3.8, 4) is 0 Å². The molecule has 108 valence electrons. The first-order chi connectivity index (χ1) is 10.3. The van der Waals surface area contributed by atoms with Crippen LogP contribution in [0.15, 0.2) is 29.8 Å². The van der Waals surface area contributed by atoms with Crippen molar-refractivity contribution in [2.24, 2.45) is 0 Å². The van der Waals surface area contributed by atoms with Gasteiger partial charge >= 0.3 is 0 Å². The summed E-state index contributed by atoms with van der Waals surface area (Å²) in [6.07, 6.45) is 5.39. The Kier molecular flexibility index (Phi) is 2.96. The van der Waals surface area contributed by atoms with E-state index in [-0.39, 0.29) is 6.04 Å². The highest BCUT2D eigenvalue weighted by Gasteiger charge is 2.32. The van der Waals surface area contributed by atoms with Crippen molar-refractivity contribution < 1.29 is 0 Å². The molecular formula is C16H18N4S. The zero-order valence-electron chi connectivity index (χ0n) is 12.0. The molecule has 0 amide bonds. The molecule has 4 rings (SSSR count). The summed E-state index contributed by atoms with van der Waals surface area (Å²) in [6.45, 7) is 2.21. The van der Waals surface area contributed by atoms with Gasteiger partial charge in [0.2, 0.25) is 0 Å². The highest BCUT2D eigenvalue weighted by atomic mass is 32.1. The first-order valence-electron chi connectivity index (χ1n) is 7.44.